The van der Waals surface area contributed by atoms with Gasteiger partial charge in [0.2, 0.25) is 0 Å². The molecule has 1 amide bonds. The number of hydrogen-bond acceptors (Lipinski definition) is 6. The third-order valence-corrected chi connectivity index (χ3v) is 4.21. The van der Waals surface area contributed by atoms with E-state index in [0.717, 1.165) is 10.2 Å². The first-order valence-electron chi connectivity index (χ1n) is 6.80. The van der Waals surface area contributed by atoms with Gasteiger partial charge in [0.05, 0.1) is 21.5 Å². The predicted octanol–water partition coefficient (Wildman–Crippen LogP) is 2.52. The number of carbonyl (C=O) groups excluding carboxylic acids is 1. The van der Waals surface area contributed by atoms with Gasteiger partial charge in [-0.05, 0) is 34.7 Å². The molecule has 112 valence electrons. The molecule has 4 aromatic rings. The number of hydrogen-bond donors (Lipinski definition) is 1. The van der Waals surface area contributed by atoms with Crippen LogP contribution in [0.4, 0.5) is 5.13 Å². The third-order valence-electron chi connectivity index (χ3n) is 3.26. The minimum Gasteiger partial charge on any atom is -0.298 e. The summed E-state index contributed by atoms with van der Waals surface area (Å²) in [4.78, 5) is 17.0. The first-order valence-corrected chi connectivity index (χ1v) is 7.62. The number of tetrazole rings is 1. The maximum atomic E-state index is 12.6. The second-order valence-corrected chi connectivity index (χ2v) is 5.74. The van der Waals surface area contributed by atoms with Crippen LogP contribution in [0.1, 0.15) is 10.4 Å². The Balaban J connectivity index is 1.67. The lowest BCUT2D eigenvalue weighted by Gasteiger charge is -2.07. The summed E-state index contributed by atoms with van der Waals surface area (Å²) < 4.78 is 2.48. The average molecular weight is 322 g/mol. The van der Waals surface area contributed by atoms with E-state index in [2.05, 4.69) is 25.8 Å². The zero-order chi connectivity index (χ0) is 15.6. The van der Waals surface area contributed by atoms with E-state index < -0.39 is 0 Å². The van der Waals surface area contributed by atoms with Crippen molar-refractivity contribution in [1.29, 1.82) is 0 Å². The Bertz CT molecular complexity index is 945. The summed E-state index contributed by atoms with van der Waals surface area (Å²) in [6.45, 7) is 0. The quantitative estimate of drug-likeness (QED) is 0.626. The van der Waals surface area contributed by atoms with Gasteiger partial charge in [-0.15, -0.1) is 5.10 Å². The van der Waals surface area contributed by atoms with Crippen LogP contribution in [0.15, 0.2) is 54.9 Å². The molecule has 0 bridgehead atoms. The van der Waals surface area contributed by atoms with Crippen molar-refractivity contribution in [2.45, 2.75) is 0 Å². The molecule has 0 saturated heterocycles. The molecule has 1 N–H and O–H groups in total. The smallest absolute Gasteiger partial charge is 0.259 e. The Kier molecular flexibility index (Phi) is 3.28. The van der Waals surface area contributed by atoms with Crippen LogP contribution in [0, 0.1) is 0 Å². The molecule has 8 heteroatoms. The van der Waals surface area contributed by atoms with Crippen LogP contribution in [0.25, 0.3) is 15.9 Å². The molecule has 2 aromatic carbocycles. The fourth-order valence-electron chi connectivity index (χ4n) is 2.23. The van der Waals surface area contributed by atoms with E-state index in [-0.39, 0.29) is 5.91 Å². The molecule has 0 aliphatic heterocycles. The number of anilines is 1. The van der Waals surface area contributed by atoms with Crippen molar-refractivity contribution >= 4 is 32.6 Å². The van der Waals surface area contributed by atoms with E-state index in [0.29, 0.717) is 16.4 Å². The minimum absolute atomic E-state index is 0.254. The summed E-state index contributed by atoms with van der Waals surface area (Å²) in [5, 5.41) is 14.4. The van der Waals surface area contributed by atoms with Crippen LogP contribution in [0.3, 0.4) is 0 Å². The van der Waals surface area contributed by atoms with Gasteiger partial charge in [-0.3, -0.25) is 10.1 Å². The van der Waals surface area contributed by atoms with Crippen LogP contribution >= 0.6 is 11.3 Å². The lowest BCUT2D eigenvalue weighted by Crippen LogP contribution is -2.15. The van der Waals surface area contributed by atoms with Crippen molar-refractivity contribution in [3.05, 3.63) is 60.4 Å². The molecular formula is C15H10N6OS. The standard InChI is InChI=1S/C15H10N6OS/c22-14(18-15-17-11-6-2-4-8-13(11)23-15)10-5-1-3-7-12(10)21-9-16-19-20-21/h1-9H,(H,17,18,22). The number of aromatic nitrogens is 5. The van der Waals surface area contributed by atoms with E-state index in [9.17, 15) is 4.79 Å². The zero-order valence-electron chi connectivity index (χ0n) is 11.7. The molecule has 0 fully saturated rings. The van der Waals surface area contributed by atoms with E-state index in [1.54, 1.807) is 18.2 Å². The number of para-hydroxylation sites is 2. The predicted molar refractivity (Wildman–Crippen MR) is 86.7 cm³/mol. The summed E-state index contributed by atoms with van der Waals surface area (Å²) in [5.41, 5.74) is 1.94. The Morgan fingerprint density at radius 2 is 1.91 bits per heavy atom. The second kappa shape index (κ2) is 5.58. The highest BCUT2D eigenvalue weighted by Crippen LogP contribution is 2.26. The van der Waals surface area contributed by atoms with Crippen LogP contribution in [0.5, 0.6) is 0 Å². The Hall–Kier alpha value is -3.13. The van der Waals surface area contributed by atoms with Gasteiger partial charge in [0.25, 0.3) is 5.91 Å². The van der Waals surface area contributed by atoms with Crippen molar-refractivity contribution in [2.24, 2.45) is 0 Å². The first kappa shape index (κ1) is 13.5. The number of thiazole rings is 1. The first-order chi connectivity index (χ1) is 11.3. The number of nitrogens with zero attached hydrogens (tertiary/aromatic N) is 5. The topological polar surface area (TPSA) is 85.6 Å². The normalized spacial score (nSPS) is 10.8. The summed E-state index contributed by atoms with van der Waals surface area (Å²) in [6, 6.07) is 14.9. The summed E-state index contributed by atoms with van der Waals surface area (Å²) in [6.07, 6.45) is 1.45. The largest absolute Gasteiger partial charge is 0.298 e. The number of benzene rings is 2. The van der Waals surface area contributed by atoms with Gasteiger partial charge >= 0.3 is 0 Å². The lowest BCUT2D eigenvalue weighted by atomic mass is 10.1. The highest BCUT2D eigenvalue weighted by molar-refractivity contribution is 7.22. The van der Waals surface area contributed by atoms with Crippen molar-refractivity contribution in [3.8, 4) is 5.69 Å². The molecule has 23 heavy (non-hydrogen) atoms. The van der Waals surface area contributed by atoms with Crippen molar-refractivity contribution in [2.75, 3.05) is 5.32 Å². The van der Waals surface area contributed by atoms with Gasteiger partial charge in [-0.25, -0.2) is 4.98 Å². The van der Waals surface area contributed by atoms with Crippen LogP contribution < -0.4 is 5.32 Å². The molecular weight excluding hydrogens is 312 g/mol. The van der Waals surface area contributed by atoms with Crippen molar-refractivity contribution < 1.29 is 4.79 Å². The number of rotatable bonds is 3. The van der Waals surface area contributed by atoms with Gasteiger partial charge in [0.1, 0.15) is 6.33 Å². The fourth-order valence-corrected chi connectivity index (χ4v) is 3.09. The third kappa shape index (κ3) is 2.55. The van der Waals surface area contributed by atoms with E-state index in [1.807, 2.05) is 30.3 Å². The zero-order valence-corrected chi connectivity index (χ0v) is 12.6. The summed E-state index contributed by atoms with van der Waals surface area (Å²) in [5.74, 6) is -0.254. The van der Waals surface area contributed by atoms with Crippen LogP contribution in [0.2, 0.25) is 0 Å². The van der Waals surface area contributed by atoms with E-state index in [1.165, 1.54) is 22.3 Å². The molecule has 0 aliphatic rings. The number of carbonyl (C=O) groups is 1. The molecule has 0 aliphatic carbocycles. The minimum atomic E-state index is -0.254. The van der Waals surface area contributed by atoms with E-state index >= 15 is 0 Å². The molecule has 0 unspecified atom stereocenters. The Labute approximate surface area is 134 Å². The maximum Gasteiger partial charge on any atom is 0.259 e. The molecule has 2 heterocycles. The Morgan fingerprint density at radius 1 is 1.09 bits per heavy atom. The SMILES string of the molecule is O=C(Nc1nc2ccccc2s1)c1ccccc1-n1cnnn1. The van der Waals surface area contributed by atoms with Crippen LogP contribution in [-0.4, -0.2) is 31.1 Å². The van der Waals surface area contributed by atoms with Gasteiger partial charge in [0, 0.05) is 0 Å². The molecule has 0 radical (unpaired) electrons. The van der Waals surface area contributed by atoms with Gasteiger partial charge < -0.3 is 0 Å². The van der Waals surface area contributed by atoms with Gasteiger partial charge in [0.15, 0.2) is 5.13 Å². The van der Waals surface area contributed by atoms with Crippen molar-refractivity contribution in [3.63, 3.8) is 0 Å². The summed E-state index contributed by atoms with van der Waals surface area (Å²) in [7, 11) is 0. The molecule has 0 atom stereocenters. The number of amides is 1. The van der Waals surface area contributed by atoms with Crippen molar-refractivity contribution in [1.82, 2.24) is 25.2 Å². The van der Waals surface area contributed by atoms with Gasteiger partial charge in [-0.1, -0.05) is 35.6 Å². The molecule has 7 nitrogen and oxygen atoms in total. The fraction of sp³-hybridized carbons (Fsp3) is 0. The molecule has 2 aromatic heterocycles. The number of nitrogens with one attached hydrogen (secondary N) is 1. The van der Waals surface area contributed by atoms with E-state index in [4.69, 9.17) is 0 Å². The highest BCUT2D eigenvalue weighted by atomic mass is 32.1. The number of fused-ring (bicyclic) bond motifs is 1. The summed E-state index contributed by atoms with van der Waals surface area (Å²) >= 11 is 1.43. The average Bonchev–Trinajstić information content (AvgIpc) is 3.24. The lowest BCUT2D eigenvalue weighted by molar-refractivity contribution is 0.102. The highest BCUT2D eigenvalue weighted by Gasteiger charge is 2.15. The Morgan fingerprint density at radius 3 is 2.74 bits per heavy atom. The monoisotopic (exact) mass is 322 g/mol. The maximum absolute atomic E-state index is 12.6. The molecule has 0 spiro atoms. The molecule has 0 saturated carbocycles. The van der Waals surface area contributed by atoms with Gasteiger partial charge in [-0.2, -0.15) is 4.68 Å². The second-order valence-electron chi connectivity index (χ2n) is 4.71. The molecule has 4 rings (SSSR count). The van der Waals surface area contributed by atoms with Crippen LogP contribution in [-0.2, 0) is 0 Å².